The quantitative estimate of drug-likeness (QED) is 0.219. The molecule has 10 heteroatoms. The lowest BCUT2D eigenvalue weighted by molar-refractivity contribution is -0.144. The molecule has 0 bridgehead atoms. The Morgan fingerprint density at radius 2 is 1.19 bits per heavy atom. The fraction of sp³-hybridized carbons (Fsp3) is 0.810. The van der Waals surface area contributed by atoms with E-state index in [-0.39, 0.29) is 17.8 Å². The number of carbonyl (C=O) groups excluding carboxylic acids is 3. The number of nitrogens with one attached hydrogen (secondary N) is 3. The topological polar surface area (TPSA) is 171 Å². The van der Waals surface area contributed by atoms with Gasteiger partial charge in [0.05, 0.1) is 12.6 Å². The first-order valence-corrected chi connectivity index (χ1v) is 10.9. The van der Waals surface area contributed by atoms with Gasteiger partial charge in [-0.05, 0) is 17.8 Å². The summed E-state index contributed by atoms with van der Waals surface area (Å²) in [5.41, 5.74) is 5.87. The summed E-state index contributed by atoms with van der Waals surface area (Å²) in [7, 11) is 0. The van der Waals surface area contributed by atoms with Crippen molar-refractivity contribution in [3.63, 3.8) is 0 Å². The summed E-state index contributed by atoms with van der Waals surface area (Å²) in [4.78, 5) is 49.3. The van der Waals surface area contributed by atoms with E-state index in [2.05, 4.69) is 16.0 Å². The largest absolute Gasteiger partial charge is 0.480 e. The van der Waals surface area contributed by atoms with Gasteiger partial charge >= 0.3 is 5.97 Å². The maximum Gasteiger partial charge on any atom is 0.326 e. The van der Waals surface area contributed by atoms with Gasteiger partial charge in [0.2, 0.25) is 17.7 Å². The molecule has 0 aliphatic carbocycles. The Labute approximate surface area is 184 Å². The maximum absolute atomic E-state index is 12.8. The van der Waals surface area contributed by atoms with Gasteiger partial charge in [0.25, 0.3) is 0 Å². The van der Waals surface area contributed by atoms with E-state index in [1.165, 1.54) is 0 Å². The molecule has 0 aromatic heterocycles. The highest BCUT2D eigenvalue weighted by molar-refractivity contribution is 5.94. The van der Waals surface area contributed by atoms with Crippen molar-refractivity contribution in [2.45, 2.75) is 85.0 Å². The molecule has 0 spiro atoms. The third-order valence-corrected chi connectivity index (χ3v) is 5.95. The van der Waals surface area contributed by atoms with Crippen molar-refractivity contribution >= 4 is 23.7 Å². The zero-order chi connectivity index (χ0) is 24.3. The number of carbonyl (C=O) groups is 4. The molecular weight excluding hydrogens is 404 g/mol. The van der Waals surface area contributed by atoms with Crippen LogP contribution in [0.5, 0.6) is 0 Å². The molecular formula is C21H40N4O6. The minimum Gasteiger partial charge on any atom is -0.480 e. The molecule has 31 heavy (non-hydrogen) atoms. The van der Waals surface area contributed by atoms with Crippen molar-refractivity contribution in [2.75, 3.05) is 6.61 Å². The van der Waals surface area contributed by atoms with E-state index in [9.17, 15) is 29.4 Å². The van der Waals surface area contributed by atoms with Crippen molar-refractivity contribution in [1.29, 1.82) is 0 Å². The normalized spacial score (nSPS) is 17.9. The highest BCUT2D eigenvalue weighted by Gasteiger charge is 2.34. The molecule has 7 N–H and O–H groups in total. The van der Waals surface area contributed by atoms with Crippen LogP contribution in [0.15, 0.2) is 0 Å². The van der Waals surface area contributed by atoms with Crippen molar-refractivity contribution in [3.05, 3.63) is 0 Å². The number of aliphatic hydroxyl groups is 1. The van der Waals surface area contributed by atoms with Crippen molar-refractivity contribution in [2.24, 2.45) is 23.5 Å². The Kier molecular flexibility index (Phi) is 13.0. The standard InChI is InChI=1S/C21H40N4O6/c1-7-11(4)15(22)19(28)23-14(10-26)18(27)24-16(12(5)8-2)20(29)25-17(21(30)31)13(6)9-3/h11-17,26H,7-10,22H2,1-6H3,(H,23,28)(H,24,27)(H,25,29)(H,30,31). The summed E-state index contributed by atoms with van der Waals surface area (Å²) < 4.78 is 0. The molecule has 0 aromatic rings. The Bertz CT molecular complexity index is 615. The van der Waals surface area contributed by atoms with Crippen LogP contribution < -0.4 is 21.7 Å². The molecule has 0 aliphatic rings. The second kappa shape index (κ2) is 14.0. The summed E-state index contributed by atoms with van der Waals surface area (Å²) in [6.07, 6.45) is 1.75. The summed E-state index contributed by atoms with van der Waals surface area (Å²) >= 11 is 0. The molecule has 180 valence electrons. The van der Waals surface area contributed by atoms with E-state index >= 15 is 0 Å². The predicted molar refractivity (Wildman–Crippen MR) is 117 cm³/mol. The van der Waals surface area contributed by atoms with Crippen LogP contribution in [0.25, 0.3) is 0 Å². The molecule has 0 aliphatic heterocycles. The molecule has 0 radical (unpaired) electrons. The second-order valence-corrected chi connectivity index (χ2v) is 8.24. The summed E-state index contributed by atoms with van der Waals surface area (Å²) in [5.74, 6) is -3.84. The lowest BCUT2D eigenvalue weighted by Crippen LogP contribution is -2.60. The summed E-state index contributed by atoms with van der Waals surface area (Å²) in [5, 5.41) is 26.5. The van der Waals surface area contributed by atoms with Crippen LogP contribution in [0.2, 0.25) is 0 Å². The fourth-order valence-corrected chi connectivity index (χ4v) is 2.86. The van der Waals surface area contributed by atoms with Crippen LogP contribution in [0.3, 0.4) is 0 Å². The first-order valence-electron chi connectivity index (χ1n) is 10.9. The number of rotatable bonds is 14. The number of aliphatic hydroxyl groups excluding tert-OH is 1. The Balaban J connectivity index is 5.40. The highest BCUT2D eigenvalue weighted by atomic mass is 16.4. The number of amides is 3. The van der Waals surface area contributed by atoms with Gasteiger partial charge in [-0.25, -0.2) is 4.79 Å². The second-order valence-electron chi connectivity index (χ2n) is 8.24. The van der Waals surface area contributed by atoms with E-state index in [0.717, 1.165) is 0 Å². The third-order valence-electron chi connectivity index (χ3n) is 5.95. The molecule has 7 unspecified atom stereocenters. The average Bonchev–Trinajstić information content (AvgIpc) is 2.76. The van der Waals surface area contributed by atoms with Crippen LogP contribution >= 0.6 is 0 Å². The number of carboxylic acids is 1. The Morgan fingerprint density at radius 3 is 1.61 bits per heavy atom. The minimum atomic E-state index is -1.29. The van der Waals surface area contributed by atoms with Gasteiger partial charge in [0.15, 0.2) is 0 Å². The molecule has 0 rings (SSSR count). The van der Waals surface area contributed by atoms with E-state index in [1.54, 1.807) is 20.8 Å². The van der Waals surface area contributed by atoms with Gasteiger partial charge in [-0.2, -0.15) is 0 Å². The van der Waals surface area contributed by atoms with Crippen LogP contribution in [0.1, 0.15) is 60.8 Å². The van der Waals surface area contributed by atoms with Crippen LogP contribution in [-0.2, 0) is 19.2 Å². The lowest BCUT2D eigenvalue weighted by Gasteiger charge is -2.29. The van der Waals surface area contributed by atoms with Crippen LogP contribution in [-0.4, -0.2) is 64.7 Å². The lowest BCUT2D eigenvalue weighted by atomic mass is 9.95. The van der Waals surface area contributed by atoms with E-state index < -0.39 is 54.5 Å². The SMILES string of the molecule is CCC(C)C(N)C(=O)NC(CO)C(=O)NC(C(=O)NC(C(=O)O)C(C)CC)C(C)CC. The first-order chi connectivity index (χ1) is 14.4. The van der Waals surface area contributed by atoms with E-state index in [1.807, 2.05) is 20.8 Å². The van der Waals surface area contributed by atoms with E-state index in [4.69, 9.17) is 5.73 Å². The molecule has 0 saturated heterocycles. The van der Waals surface area contributed by atoms with E-state index in [0.29, 0.717) is 19.3 Å². The monoisotopic (exact) mass is 444 g/mol. The number of hydrogen-bond acceptors (Lipinski definition) is 6. The Hall–Kier alpha value is -2.20. The summed E-state index contributed by atoms with van der Waals surface area (Å²) in [6, 6.07) is -4.25. The van der Waals surface area contributed by atoms with Gasteiger partial charge in [-0.15, -0.1) is 0 Å². The molecule has 0 saturated carbocycles. The number of carboxylic acid groups (broad SMARTS) is 1. The zero-order valence-electron chi connectivity index (χ0n) is 19.5. The predicted octanol–water partition coefficient (Wildman–Crippen LogP) is -0.0167. The number of nitrogens with two attached hydrogens (primary N) is 1. The fourth-order valence-electron chi connectivity index (χ4n) is 2.86. The summed E-state index contributed by atoms with van der Waals surface area (Å²) in [6.45, 7) is 10.1. The highest BCUT2D eigenvalue weighted by Crippen LogP contribution is 2.12. The molecule has 0 fully saturated rings. The maximum atomic E-state index is 12.8. The van der Waals surface area contributed by atoms with Crippen LogP contribution in [0.4, 0.5) is 0 Å². The smallest absolute Gasteiger partial charge is 0.326 e. The zero-order valence-corrected chi connectivity index (χ0v) is 19.5. The average molecular weight is 445 g/mol. The van der Waals surface area contributed by atoms with Crippen molar-refractivity contribution in [3.8, 4) is 0 Å². The van der Waals surface area contributed by atoms with Gasteiger partial charge in [-0.1, -0.05) is 60.8 Å². The molecule has 0 heterocycles. The minimum absolute atomic E-state index is 0.116. The van der Waals surface area contributed by atoms with Gasteiger partial charge in [-0.3, -0.25) is 14.4 Å². The van der Waals surface area contributed by atoms with Crippen molar-refractivity contribution in [1.82, 2.24) is 16.0 Å². The third kappa shape index (κ3) is 8.82. The molecule has 10 nitrogen and oxygen atoms in total. The van der Waals surface area contributed by atoms with Gasteiger partial charge in [0.1, 0.15) is 18.1 Å². The van der Waals surface area contributed by atoms with Gasteiger partial charge in [0, 0.05) is 0 Å². The first kappa shape index (κ1) is 28.8. The number of aliphatic carboxylic acids is 1. The van der Waals surface area contributed by atoms with Crippen molar-refractivity contribution < 1.29 is 29.4 Å². The van der Waals surface area contributed by atoms with Gasteiger partial charge < -0.3 is 31.9 Å². The van der Waals surface area contributed by atoms with Crippen LogP contribution in [0, 0.1) is 17.8 Å². The molecule has 3 amide bonds. The Morgan fingerprint density at radius 1 is 0.742 bits per heavy atom. The molecule has 7 atom stereocenters. The molecule has 0 aromatic carbocycles. The number of hydrogen-bond donors (Lipinski definition) is 6.